The van der Waals surface area contributed by atoms with Crippen molar-refractivity contribution >= 4 is 29.4 Å². The summed E-state index contributed by atoms with van der Waals surface area (Å²) in [5.41, 5.74) is -1.29. The lowest BCUT2D eigenvalue weighted by Crippen LogP contribution is -2.46. The average Bonchev–Trinajstić information content (AvgIpc) is 2.96. The summed E-state index contributed by atoms with van der Waals surface area (Å²) in [7, 11) is 0. The molecule has 1 saturated heterocycles. The summed E-state index contributed by atoms with van der Waals surface area (Å²) in [5.74, 6) is -3.46. The highest BCUT2D eigenvalue weighted by Gasteiger charge is 2.63. The van der Waals surface area contributed by atoms with E-state index in [-0.39, 0.29) is 37.9 Å². The molecule has 1 spiro atoms. The van der Waals surface area contributed by atoms with Crippen LogP contribution in [0.4, 0.5) is 10.1 Å². The Morgan fingerprint density at radius 3 is 2.62 bits per heavy atom. The van der Waals surface area contributed by atoms with Gasteiger partial charge in [0.1, 0.15) is 5.82 Å². The first-order valence-electron chi connectivity index (χ1n) is 8.12. The van der Waals surface area contributed by atoms with E-state index in [9.17, 15) is 23.6 Å². The van der Waals surface area contributed by atoms with Crippen molar-refractivity contribution in [1.29, 1.82) is 0 Å². The van der Waals surface area contributed by atoms with Crippen LogP contribution in [-0.2, 0) is 24.6 Å². The number of anilines is 1. The van der Waals surface area contributed by atoms with Gasteiger partial charge in [0.2, 0.25) is 17.7 Å². The molecule has 2 aliphatic heterocycles. The molecule has 0 saturated carbocycles. The van der Waals surface area contributed by atoms with Crippen LogP contribution in [0.1, 0.15) is 24.8 Å². The fraction of sp³-hybridized carbons (Fsp3) is 0.333. The maximum atomic E-state index is 13.8. The van der Waals surface area contributed by atoms with Gasteiger partial charge in [-0.25, -0.2) is 4.39 Å². The van der Waals surface area contributed by atoms with Crippen LogP contribution in [0.3, 0.4) is 0 Å². The first-order valence-corrected chi connectivity index (χ1v) is 8.12. The van der Waals surface area contributed by atoms with Crippen LogP contribution in [0.25, 0.3) is 0 Å². The summed E-state index contributed by atoms with van der Waals surface area (Å²) in [6, 6.07) is 3.65. The SMILES string of the molecule is C=CCN1C(=O)CC2(C1=O)C(=O)N(CCCC(=O)O)c1ccc(F)cc12. The van der Waals surface area contributed by atoms with Crippen LogP contribution in [0.2, 0.25) is 0 Å². The van der Waals surface area contributed by atoms with Gasteiger partial charge < -0.3 is 10.0 Å². The van der Waals surface area contributed by atoms with Crippen molar-refractivity contribution in [2.45, 2.75) is 24.7 Å². The molecule has 1 fully saturated rings. The fourth-order valence-electron chi connectivity index (χ4n) is 3.58. The molecule has 0 radical (unpaired) electrons. The summed E-state index contributed by atoms with van der Waals surface area (Å²) >= 11 is 0. The summed E-state index contributed by atoms with van der Waals surface area (Å²) in [4.78, 5) is 51.3. The van der Waals surface area contributed by atoms with Crippen molar-refractivity contribution < 1.29 is 28.7 Å². The van der Waals surface area contributed by atoms with Crippen LogP contribution in [0, 0.1) is 5.82 Å². The number of carboxylic acids is 1. The molecule has 3 amide bonds. The number of aliphatic carboxylic acids is 1. The van der Waals surface area contributed by atoms with Gasteiger partial charge in [0, 0.05) is 30.8 Å². The third-order valence-corrected chi connectivity index (χ3v) is 4.73. The van der Waals surface area contributed by atoms with E-state index >= 15 is 0 Å². The second-order valence-corrected chi connectivity index (χ2v) is 6.30. The van der Waals surface area contributed by atoms with Gasteiger partial charge >= 0.3 is 5.97 Å². The topological polar surface area (TPSA) is 95.0 Å². The van der Waals surface area contributed by atoms with Crippen LogP contribution in [0.15, 0.2) is 30.9 Å². The lowest BCUT2D eigenvalue weighted by molar-refractivity contribution is -0.141. The van der Waals surface area contributed by atoms with E-state index in [0.29, 0.717) is 5.69 Å². The molecule has 3 rings (SSSR count). The Morgan fingerprint density at radius 1 is 1.27 bits per heavy atom. The Bertz CT molecular complexity index is 837. The molecule has 2 heterocycles. The van der Waals surface area contributed by atoms with Crippen molar-refractivity contribution in [2.24, 2.45) is 0 Å². The molecule has 0 bridgehead atoms. The summed E-state index contributed by atoms with van der Waals surface area (Å²) in [6.07, 6.45) is 1.03. The number of carboxylic acid groups (broad SMARTS) is 1. The number of rotatable bonds is 6. The number of fused-ring (bicyclic) bond motifs is 2. The van der Waals surface area contributed by atoms with Crippen molar-refractivity contribution in [1.82, 2.24) is 4.90 Å². The number of nitrogens with zero attached hydrogens (tertiary/aromatic N) is 2. The van der Waals surface area contributed by atoms with Gasteiger partial charge in [0.15, 0.2) is 5.41 Å². The zero-order valence-corrected chi connectivity index (χ0v) is 13.9. The molecule has 136 valence electrons. The van der Waals surface area contributed by atoms with E-state index in [4.69, 9.17) is 5.11 Å². The highest BCUT2D eigenvalue weighted by atomic mass is 19.1. The summed E-state index contributed by atoms with van der Waals surface area (Å²) in [5, 5.41) is 8.79. The number of carbonyl (C=O) groups is 4. The molecule has 26 heavy (non-hydrogen) atoms. The van der Waals surface area contributed by atoms with Crippen molar-refractivity contribution in [3.05, 3.63) is 42.2 Å². The van der Waals surface area contributed by atoms with Crippen LogP contribution >= 0.6 is 0 Å². The highest BCUT2D eigenvalue weighted by molar-refractivity contribution is 6.28. The highest BCUT2D eigenvalue weighted by Crippen LogP contribution is 2.48. The minimum Gasteiger partial charge on any atom is -0.481 e. The predicted octanol–water partition coefficient (Wildman–Crippen LogP) is 1.22. The zero-order valence-electron chi connectivity index (χ0n) is 13.9. The fourth-order valence-corrected chi connectivity index (χ4v) is 3.58. The summed E-state index contributed by atoms with van der Waals surface area (Å²) < 4.78 is 13.8. The first kappa shape index (κ1) is 17.8. The van der Waals surface area contributed by atoms with Gasteiger partial charge in [-0.2, -0.15) is 0 Å². The minimum absolute atomic E-state index is 0.0314. The molecule has 7 nitrogen and oxygen atoms in total. The minimum atomic E-state index is -1.78. The molecule has 1 unspecified atom stereocenters. The van der Waals surface area contributed by atoms with Crippen LogP contribution in [0.5, 0.6) is 0 Å². The van der Waals surface area contributed by atoms with Gasteiger partial charge in [-0.05, 0) is 24.6 Å². The molecular formula is C18H17FN2O5. The number of benzene rings is 1. The summed E-state index contributed by atoms with van der Waals surface area (Å²) in [6.45, 7) is 3.53. The maximum Gasteiger partial charge on any atom is 0.303 e. The molecule has 1 aromatic carbocycles. The smallest absolute Gasteiger partial charge is 0.303 e. The molecule has 1 atom stereocenters. The standard InChI is InChI=1S/C18H17FN2O5/c1-2-7-21-14(22)10-18(17(21)26)12-9-11(19)5-6-13(12)20(16(18)25)8-3-4-15(23)24/h2,5-6,9H,1,3-4,7-8,10H2,(H,23,24). The quantitative estimate of drug-likeness (QED) is 0.468. The van der Waals surface area contributed by atoms with Gasteiger partial charge in [0.25, 0.3) is 0 Å². The predicted molar refractivity (Wildman–Crippen MR) is 88.8 cm³/mol. The second kappa shape index (κ2) is 6.36. The van der Waals surface area contributed by atoms with Crippen LogP contribution in [-0.4, -0.2) is 46.8 Å². The second-order valence-electron chi connectivity index (χ2n) is 6.30. The number of carbonyl (C=O) groups excluding carboxylic acids is 3. The number of likely N-dealkylation sites (tertiary alicyclic amines) is 1. The number of amides is 3. The monoisotopic (exact) mass is 360 g/mol. The van der Waals surface area contributed by atoms with E-state index in [1.54, 1.807) is 0 Å². The third kappa shape index (κ3) is 2.49. The number of imide groups is 1. The van der Waals surface area contributed by atoms with E-state index in [0.717, 1.165) is 17.0 Å². The van der Waals surface area contributed by atoms with Crippen molar-refractivity contribution in [3.63, 3.8) is 0 Å². The molecule has 0 aromatic heterocycles. The Balaban J connectivity index is 2.05. The Kier molecular flexibility index (Phi) is 4.35. The Labute approximate surface area is 148 Å². The molecule has 0 aliphatic carbocycles. The molecule has 2 aliphatic rings. The zero-order chi connectivity index (χ0) is 19.1. The van der Waals surface area contributed by atoms with Crippen LogP contribution < -0.4 is 4.90 Å². The average molecular weight is 360 g/mol. The lowest BCUT2D eigenvalue weighted by atomic mass is 9.80. The number of hydrogen-bond acceptors (Lipinski definition) is 4. The van der Waals surface area contributed by atoms with E-state index < -0.39 is 34.9 Å². The van der Waals surface area contributed by atoms with Gasteiger partial charge in [-0.1, -0.05) is 6.08 Å². The van der Waals surface area contributed by atoms with Gasteiger partial charge in [-0.15, -0.1) is 6.58 Å². The normalized spacial score (nSPS) is 21.7. The van der Waals surface area contributed by atoms with Crippen molar-refractivity contribution in [3.8, 4) is 0 Å². The molecule has 8 heteroatoms. The molecular weight excluding hydrogens is 343 g/mol. The first-order chi connectivity index (χ1) is 12.3. The van der Waals surface area contributed by atoms with Crippen molar-refractivity contribution in [2.75, 3.05) is 18.0 Å². The molecule has 1 aromatic rings. The third-order valence-electron chi connectivity index (χ3n) is 4.73. The number of halogens is 1. The maximum absolute atomic E-state index is 13.8. The van der Waals surface area contributed by atoms with E-state index in [2.05, 4.69) is 6.58 Å². The Morgan fingerprint density at radius 2 is 1.96 bits per heavy atom. The largest absolute Gasteiger partial charge is 0.481 e. The van der Waals surface area contributed by atoms with E-state index in [1.807, 2.05) is 0 Å². The van der Waals surface area contributed by atoms with Gasteiger partial charge in [-0.3, -0.25) is 24.1 Å². The molecule has 1 N–H and O–H groups in total. The lowest BCUT2D eigenvalue weighted by Gasteiger charge is -2.22. The number of hydrogen-bond donors (Lipinski definition) is 1. The van der Waals surface area contributed by atoms with E-state index in [1.165, 1.54) is 17.0 Å². The van der Waals surface area contributed by atoms with Gasteiger partial charge in [0.05, 0.1) is 6.42 Å². The Hall–Kier alpha value is -3.03.